The molecule has 0 saturated heterocycles. The zero-order chi connectivity index (χ0) is 36.3. The van der Waals surface area contributed by atoms with E-state index in [1.807, 2.05) is 0 Å². The van der Waals surface area contributed by atoms with Crippen molar-refractivity contribution in [2.45, 2.75) is 5.41 Å². The Hall–Kier alpha value is -7.09. The number of nitrogens with zero attached hydrogens (tertiary/aromatic N) is 1. The van der Waals surface area contributed by atoms with Crippen molar-refractivity contribution < 1.29 is 0 Å². The van der Waals surface area contributed by atoms with Crippen LogP contribution in [0.1, 0.15) is 22.3 Å². The molecule has 10 aromatic rings. The number of rotatable bonds is 5. The van der Waals surface area contributed by atoms with Crippen molar-refractivity contribution in [1.29, 1.82) is 0 Å². The highest BCUT2D eigenvalue weighted by atomic mass is 14.8. The van der Waals surface area contributed by atoms with Crippen LogP contribution in [0.25, 0.3) is 77.1 Å². The molecular weight excluding hydrogens is 663 g/mol. The molecule has 256 valence electrons. The molecule has 1 heteroatoms. The van der Waals surface area contributed by atoms with Crippen molar-refractivity contribution in [3.63, 3.8) is 0 Å². The summed E-state index contributed by atoms with van der Waals surface area (Å²) in [7, 11) is 0. The third-order valence-corrected chi connectivity index (χ3v) is 11.7. The molecule has 0 N–H and O–H groups in total. The second-order valence-corrected chi connectivity index (χ2v) is 14.6. The molecule has 0 saturated carbocycles. The lowest BCUT2D eigenvalue weighted by Gasteiger charge is -2.33. The van der Waals surface area contributed by atoms with Gasteiger partial charge in [0.05, 0.1) is 16.8 Å². The Morgan fingerprint density at radius 3 is 1.55 bits per heavy atom. The summed E-state index contributed by atoms with van der Waals surface area (Å²) in [5.74, 6) is 0. The van der Waals surface area contributed by atoms with Crippen molar-refractivity contribution >= 4 is 32.3 Å². The van der Waals surface area contributed by atoms with Gasteiger partial charge in [-0.15, -0.1) is 0 Å². The molecule has 0 bridgehead atoms. The van der Waals surface area contributed by atoms with Gasteiger partial charge in [-0.2, -0.15) is 0 Å². The molecule has 0 spiro atoms. The first kappa shape index (κ1) is 31.4. The maximum atomic E-state index is 5.72. The Morgan fingerprint density at radius 1 is 0.327 bits per heavy atom. The van der Waals surface area contributed by atoms with Crippen LogP contribution < -0.4 is 0 Å². The minimum absolute atomic E-state index is 0.591. The summed E-state index contributed by atoms with van der Waals surface area (Å²) in [6.45, 7) is 0. The van der Waals surface area contributed by atoms with E-state index in [4.69, 9.17) is 4.98 Å². The molecule has 0 unspecified atom stereocenters. The number of benzene rings is 9. The van der Waals surface area contributed by atoms with Crippen molar-refractivity contribution in [2.75, 3.05) is 0 Å². The van der Waals surface area contributed by atoms with E-state index in [2.05, 4.69) is 212 Å². The monoisotopic (exact) mass is 697 g/mol. The third-order valence-electron chi connectivity index (χ3n) is 11.7. The largest absolute Gasteiger partial charge is 0.247 e. The number of pyridine rings is 1. The molecule has 1 heterocycles. The van der Waals surface area contributed by atoms with Crippen LogP contribution in [0, 0.1) is 0 Å². The average Bonchev–Trinajstić information content (AvgIpc) is 3.57. The van der Waals surface area contributed by atoms with Crippen molar-refractivity contribution in [3.8, 4) is 44.8 Å². The van der Waals surface area contributed by atoms with E-state index in [0.717, 1.165) is 17.0 Å². The van der Waals surface area contributed by atoms with Gasteiger partial charge in [-0.3, -0.25) is 0 Å². The van der Waals surface area contributed by atoms with Gasteiger partial charge in [0, 0.05) is 16.5 Å². The minimum Gasteiger partial charge on any atom is -0.247 e. The van der Waals surface area contributed by atoms with Crippen LogP contribution in [0.2, 0.25) is 0 Å². The maximum absolute atomic E-state index is 5.72. The Balaban J connectivity index is 1.38. The van der Waals surface area contributed by atoms with Crippen LogP contribution in [0.15, 0.2) is 212 Å². The second-order valence-electron chi connectivity index (χ2n) is 14.6. The van der Waals surface area contributed by atoms with Crippen LogP contribution >= 0.6 is 0 Å². The summed E-state index contributed by atoms with van der Waals surface area (Å²) in [5.41, 5.74) is 13.5. The van der Waals surface area contributed by atoms with E-state index < -0.39 is 5.41 Å². The lowest BCUT2D eigenvalue weighted by Crippen LogP contribution is -2.28. The molecular formula is C54H35N. The van der Waals surface area contributed by atoms with Gasteiger partial charge in [0.2, 0.25) is 0 Å². The molecule has 0 fully saturated rings. The highest BCUT2D eigenvalue weighted by molar-refractivity contribution is 6.26. The van der Waals surface area contributed by atoms with Gasteiger partial charge in [-0.05, 0) is 83.6 Å². The predicted octanol–water partition coefficient (Wildman–Crippen LogP) is 13.9. The summed E-state index contributed by atoms with van der Waals surface area (Å²) in [4.78, 5) is 5.72. The fourth-order valence-electron chi connectivity index (χ4n) is 9.42. The molecule has 1 aromatic heterocycles. The van der Waals surface area contributed by atoms with Gasteiger partial charge in [0.15, 0.2) is 0 Å². The molecule has 9 aromatic carbocycles. The van der Waals surface area contributed by atoms with E-state index >= 15 is 0 Å². The van der Waals surface area contributed by atoms with E-state index in [1.54, 1.807) is 0 Å². The van der Waals surface area contributed by atoms with Gasteiger partial charge in [-0.1, -0.05) is 200 Å². The zero-order valence-corrected chi connectivity index (χ0v) is 30.2. The quantitative estimate of drug-likeness (QED) is 0.163. The summed E-state index contributed by atoms with van der Waals surface area (Å²) >= 11 is 0. The van der Waals surface area contributed by atoms with E-state index in [9.17, 15) is 0 Å². The van der Waals surface area contributed by atoms with Crippen molar-refractivity contribution in [2.24, 2.45) is 0 Å². The first-order chi connectivity index (χ1) is 27.3. The topological polar surface area (TPSA) is 12.9 Å². The van der Waals surface area contributed by atoms with Crippen LogP contribution in [-0.2, 0) is 5.41 Å². The molecule has 11 rings (SSSR count). The normalized spacial score (nSPS) is 12.9. The zero-order valence-electron chi connectivity index (χ0n) is 30.2. The Labute approximate surface area is 320 Å². The second kappa shape index (κ2) is 12.5. The first-order valence-electron chi connectivity index (χ1n) is 19.1. The lowest BCUT2D eigenvalue weighted by atomic mass is 9.67. The molecule has 1 nitrogen and oxygen atoms in total. The number of fused-ring (bicyclic) bond motifs is 7. The van der Waals surface area contributed by atoms with Crippen LogP contribution in [0.4, 0.5) is 0 Å². The fourth-order valence-corrected chi connectivity index (χ4v) is 9.42. The SMILES string of the molecule is c1ccc(-c2ccc3c(n2)-c2c(ccc4c(-c5ccc6ccccc6c5)c5ccccc5c(-c5ccccc5)c24)C3(c2ccccc2)c2ccccc2)cc1. The summed E-state index contributed by atoms with van der Waals surface area (Å²) in [6, 6.07) is 77.6. The smallest absolute Gasteiger partial charge is 0.0767 e. The molecule has 1 aliphatic carbocycles. The van der Waals surface area contributed by atoms with E-state index in [-0.39, 0.29) is 0 Å². The van der Waals surface area contributed by atoms with Crippen molar-refractivity contribution in [3.05, 3.63) is 235 Å². The lowest BCUT2D eigenvalue weighted by molar-refractivity contribution is 0.767. The van der Waals surface area contributed by atoms with Gasteiger partial charge < -0.3 is 0 Å². The molecule has 0 radical (unpaired) electrons. The molecule has 0 amide bonds. The van der Waals surface area contributed by atoms with Gasteiger partial charge in [0.25, 0.3) is 0 Å². The number of hydrogen-bond acceptors (Lipinski definition) is 1. The third kappa shape index (κ3) is 4.70. The maximum Gasteiger partial charge on any atom is 0.0767 e. The molecule has 0 aliphatic heterocycles. The standard InChI is InChI=1S/C54H35N/c1-5-18-37(19-6-1)48-34-33-47-53(55-48)52-46(54(47,41-23-9-3-10-24-41)42-25-11-4-12-26-42)32-31-45-49(40-30-29-36-17-13-14-22-39(36)35-40)43-27-15-16-28-44(43)50(51(45)52)38-20-7-2-8-21-38/h1-35H. The van der Waals surface area contributed by atoms with Gasteiger partial charge >= 0.3 is 0 Å². The minimum atomic E-state index is -0.591. The highest BCUT2D eigenvalue weighted by Gasteiger charge is 2.48. The van der Waals surface area contributed by atoms with Gasteiger partial charge in [-0.25, -0.2) is 4.98 Å². The molecule has 55 heavy (non-hydrogen) atoms. The highest BCUT2D eigenvalue weighted by Crippen LogP contribution is 2.60. The van der Waals surface area contributed by atoms with Crippen LogP contribution in [0.5, 0.6) is 0 Å². The van der Waals surface area contributed by atoms with Crippen molar-refractivity contribution in [1.82, 2.24) is 4.98 Å². The number of hydrogen-bond donors (Lipinski definition) is 0. The average molecular weight is 698 g/mol. The Morgan fingerprint density at radius 2 is 0.873 bits per heavy atom. The van der Waals surface area contributed by atoms with E-state index in [0.29, 0.717) is 0 Å². The molecule has 1 aliphatic rings. The van der Waals surface area contributed by atoms with Crippen LogP contribution in [0.3, 0.4) is 0 Å². The first-order valence-corrected chi connectivity index (χ1v) is 19.1. The summed E-state index contributed by atoms with van der Waals surface area (Å²) < 4.78 is 0. The number of aromatic nitrogens is 1. The Bertz CT molecular complexity index is 3020. The molecule has 0 atom stereocenters. The van der Waals surface area contributed by atoms with Gasteiger partial charge in [0.1, 0.15) is 0 Å². The summed E-state index contributed by atoms with van der Waals surface area (Å²) in [5, 5.41) is 7.40. The van der Waals surface area contributed by atoms with Crippen LogP contribution in [-0.4, -0.2) is 4.98 Å². The predicted molar refractivity (Wildman–Crippen MR) is 230 cm³/mol. The van der Waals surface area contributed by atoms with E-state index in [1.165, 1.54) is 82.4 Å². The summed E-state index contributed by atoms with van der Waals surface area (Å²) in [6.07, 6.45) is 0. The fraction of sp³-hybridized carbons (Fsp3) is 0.0185. The Kier molecular flexibility index (Phi) is 7.15.